The van der Waals surface area contributed by atoms with E-state index in [1.165, 1.54) is 11.1 Å². The zero-order valence-corrected chi connectivity index (χ0v) is 15.6. The van der Waals surface area contributed by atoms with E-state index in [9.17, 15) is 8.42 Å². The summed E-state index contributed by atoms with van der Waals surface area (Å²) in [5.74, 6) is 0.420. The molecule has 2 aromatic rings. The Kier molecular flexibility index (Phi) is 4.33. The number of sulfone groups is 1. The average Bonchev–Trinajstić information content (AvgIpc) is 3.08. The van der Waals surface area contributed by atoms with E-state index in [1.54, 1.807) is 11.8 Å². The summed E-state index contributed by atoms with van der Waals surface area (Å²) in [6, 6.07) is 18.4. The Balaban J connectivity index is 1.67. The molecule has 2 heterocycles. The van der Waals surface area contributed by atoms with Gasteiger partial charge in [-0.1, -0.05) is 54.2 Å². The number of hydrogen-bond acceptors (Lipinski definition) is 5. The molecule has 1 fully saturated rings. The average molecular weight is 373 g/mol. The maximum absolute atomic E-state index is 11.8. The molecule has 0 bridgehead atoms. The lowest BCUT2D eigenvalue weighted by molar-refractivity contribution is 0.601. The molecule has 130 valence electrons. The highest BCUT2D eigenvalue weighted by Gasteiger charge is 2.44. The van der Waals surface area contributed by atoms with E-state index in [0.29, 0.717) is 0 Å². The van der Waals surface area contributed by atoms with Gasteiger partial charge in [0.1, 0.15) is 0 Å². The standard InChI is InChI=1S/C19H20N2O2S2/c1-14-7-5-6-8-15(14)11-21(16-9-3-2-4-10-16)19-20-17-12-25(22,23)13-18(17)24-19/h2-10,17-18H,11-13H2,1H3/t17-,18+/m1/s1. The van der Waals surface area contributed by atoms with Gasteiger partial charge in [-0.25, -0.2) is 8.42 Å². The third kappa shape index (κ3) is 3.46. The van der Waals surface area contributed by atoms with E-state index in [4.69, 9.17) is 4.99 Å². The maximum Gasteiger partial charge on any atom is 0.164 e. The molecule has 0 saturated carbocycles. The fourth-order valence-electron chi connectivity index (χ4n) is 3.31. The van der Waals surface area contributed by atoms with E-state index >= 15 is 0 Å². The predicted octanol–water partition coefficient (Wildman–Crippen LogP) is 3.27. The number of thioether (sulfide) groups is 1. The van der Waals surface area contributed by atoms with E-state index in [2.05, 4.69) is 42.2 Å². The summed E-state index contributed by atoms with van der Waals surface area (Å²) < 4.78 is 23.7. The summed E-state index contributed by atoms with van der Waals surface area (Å²) in [6.07, 6.45) is 0. The number of amidine groups is 1. The van der Waals surface area contributed by atoms with Crippen LogP contribution in [0.1, 0.15) is 11.1 Å². The van der Waals surface area contributed by atoms with Crippen molar-refractivity contribution < 1.29 is 8.42 Å². The predicted molar refractivity (Wildman–Crippen MR) is 105 cm³/mol. The van der Waals surface area contributed by atoms with Gasteiger partial charge in [0, 0.05) is 10.9 Å². The van der Waals surface area contributed by atoms with Crippen molar-refractivity contribution >= 4 is 32.5 Å². The first-order chi connectivity index (χ1) is 12.0. The quantitative estimate of drug-likeness (QED) is 0.830. The number of anilines is 1. The highest BCUT2D eigenvalue weighted by molar-refractivity contribution is 8.15. The van der Waals surface area contributed by atoms with Crippen LogP contribution in [0, 0.1) is 6.92 Å². The molecule has 1 saturated heterocycles. The second-order valence-corrected chi connectivity index (χ2v) is 9.92. The SMILES string of the molecule is Cc1ccccc1CN(C1=N[C@@H]2CS(=O)(=O)C[C@@H]2S1)c1ccccc1. The fraction of sp³-hybridized carbons (Fsp3) is 0.316. The van der Waals surface area contributed by atoms with E-state index in [-0.39, 0.29) is 22.8 Å². The van der Waals surface area contributed by atoms with Crippen LogP contribution in [0.3, 0.4) is 0 Å². The highest BCUT2D eigenvalue weighted by Crippen LogP contribution is 2.37. The van der Waals surface area contributed by atoms with Crippen molar-refractivity contribution in [2.24, 2.45) is 4.99 Å². The van der Waals surface area contributed by atoms with E-state index in [1.807, 2.05) is 24.3 Å². The third-order valence-corrected chi connectivity index (χ3v) is 7.94. The third-order valence-electron chi connectivity index (χ3n) is 4.69. The lowest BCUT2D eigenvalue weighted by atomic mass is 10.1. The summed E-state index contributed by atoms with van der Waals surface area (Å²) in [6.45, 7) is 2.85. The second kappa shape index (κ2) is 6.50. The van der Waals surface area contributed by atoms with Crippen molar-refractivity contribution in [3.63, 3.8) is 0 Å². The van der Waals surface area contributed by atoms with Gasteiger partial charge in [0.2, 0.25) is 0 Å². The summed E-state index contributed by atoms with van der Waals surface area (Å²) in [5, 5.41) is 0.988. The van der Waals surface area contributed by atoms with Gasteiger partial charge in [-0.15, -0.1) is 0 Å². The Labute approximate surface area is 152 Å². The van der Waals surface area contributed by atoms with Crippen molar-refractivity contribution in [2.45, 2.75) is 24.8 Å². The van der Waals surface area contributed by atoms with Gasteiger partial charge < -0.3 is 4.90 Å². The van der Waals surface area contributed by atoms with Crippen LogP contribution in [0.25, 0.3) is 0 Å². The van der Waals surface area contributed by atoms with Crippen LogP contribution >= 0.6 is 11.8 Å². The molecule has 2 atom stereocenters. The molecule has 4 nitrogen and oxygen atoms in total. The Bertz CT molecular complexity index is 910. The minimum atomic E-state index is -2.93. The number of nitrogens with zero attached hydrogens (tertiary/aromatic N) is 2. The minimum Gasteiger partial charge on any atom is -0.317 e. The van der Waals surface area contributed by atoms with Crippen molar-refractivity contribution in [2.75, 3.05) is 16.4 Å². The molecule has 4 rings (SSSR count). The lowest BCUT2D eigenvalue weighted by Crippen LogP contribution is -2.28. The molecule has 25 heavy (non-hydrogen) atoms. The van der Waals surface area contributed by atoms with Crippen LogP contribution in [0.15, 0.2) is 59.6 Å². The van der Waals surface area contributed by atoms with Gasteiger partial charge in [0.25, 0.3) is 0 Å². The van der Waals surface area contributed by atoms with Gasteiger partial charge in [0.15, 0.2) is 15.0 Å². The lowest BCUT2D eigenvalue weighted by Gasteiger charge is -2.25. The second-order valence-electron chi connectivity index (χ2n) is 6.56. The summed E-state index contributed by atoms with van der Waals surface area (Å²) >= 11 is 1.61. The molecule has 0 unspecified atom stereocenters. The Morgan fingerprint density at radius 1 is 1.08 bits per heavy atom. The smallest absolute Gasteiger partial charge is 0.164 e. The van der Waals surface area contributed by atoms with Crippen molar-refractivity contribution in [3.8, 4) is 0 Å². The van der Waals surface area contributed by atoms with E-state index in [0.717, 1.165) is 17.4 Å². The van der Waals surface area contributed by atoms with Crippen molar-refractivity contribution in [1.29, 1.82) is 0 Å². The molecule has 0 spiro atoms. The maximum atomic E-state index is 11.8. The number of fused-ring (bicyclic) bond motifs is 1. The Morgan fingerprint density at radius 3 is 2.52 bits per heavy atom. The molecular formula is C19H20N2O2S2. The van der Waals surface area contributed by atoms with E-state index < -0.39 is 9.84 Å². The molecule has 2 aliphatic heterocycles. The zero-order valence-electron chi connectivity index (χ0n) is 14.0. The number of hydrogen-bond donors (Lipinski definition) is 0. The summed E-state index contributed by atoms with van der Waals surface area (Å²) in [5.41, 5.74) is 3.58. The molecule has 0 N–H and O–H groups in total. The summed E-state index contributed by atoms with van der Waals surface area (Å²) in [4.78, 5) is 6.98. The largest absolute Gasteiger partial charge is 0.317 e. The minimum absolute atomic E-state index is 0.0584. The summed E-state index contributed by atoms with van der Waals surface area (Å²) in [7, 11) is -2.93. The fourth-order valence-corrected chi connectivity index (χ4v) is 7.09. The zero-order chi connectivity index (χ0) is 17.4. The molecule has 2 aliphatic rings. The van der Waals surface area contributed by atoms with Crippen molar-refractivity contribution in [3.05, 3.63) is 65.7 Å². The van der Waals surface area contributed by atoms with Crippen LogP contribution in [-0.4, -0.2) is 36.4 Å². The number of aryl methyl sites for hydroxylation is 1. The van der Waals surface area contributed by atoms with Gasteiger partial charge in [0.05, 0.1) is 24.1 Å². The van der Waals surface area contributed by atoms with Crippen LogP contribution in [-0.2, 0) is 16.4 Å². The molecule has 0 aromatic heterocycles. The molecule has 6 heteroatoms. The first kappa shape index (κ1) is 16.7. The van der Waals surface area contributed by atoms with Crippen molar-refractivity contribution in [1.82, 2.24) is 0 Å². The Hall–Kier alpha value is -1.79. The van der Waals surface area contributed by atoms with Crippen LogP contribution in [0.2, 0.25) is 0 Å². The van der Waals surface area contributed by atoms with Crippen LogP contribution < -0.4 is 4.90 Å². The number of benzene rings is 2. The molecule has 0 aliphatic carbocycles. The van der Waals surface area contributed by atoms with Gasteiger partial charge in [-0.2, -0.15) is 0 Å². The Morgan fingerprint density at radius 2 is 1.80 bits per heavy atom. The monoisotopic (exact) mass is 372 g/mol. The molecular weight excluding hydrogens is 352 g/mol. The molecule has 0 amide bonds. The van der Waals surface area contributed by atoms with Gasteiger partial charge in [-0.05, 0) is 30.2 Å². The number of rotatable bonds is 3. The van der Waals surface area contributed by atoms with Gasteiger partial charge >= 0.3 is 0 Å². The normalized spacial score (nSPS) is 24.0. The topological polar surface area (TPSA) is 49.7 Å². The number of para-hydroxylation sites is 1. The highest BCUT2D eigenvalue weighted by atomic mass is 32.2. The number of aliphatic imine (C=N–C) groups is 1. The van der Waals surface area contributed by atoms with Crippen LogP contribution in [0.4, 0.5) is 5.69 Å². The molecule has 2 aromatic carbocycles. The first-order valence-corrected chi connectivity index (χ1v) is 11.0. The first-order valence-electron chi connectivity index (χ1n) is 8.34. The van der Waals surface area contributed by atoms with Gasteiger partial charge in [-0.3, -0.25) is 4.99 Å². The van der Waals surface area contributed by atoms with Crippen LogP contribution in [0.5, 0.6) is 0 Å². The molecule has 0 radical (unpaired) electrons.